The van der Waals surface area contributed by atoms with Crippen LogP contribution < -0.4 is 14.8 Å². The minimum atomic E-state index is -0.460. The molecule has 0 aromatic heterocycles. The Morgan fingerprint density at radius 1 is 1.14 bits per heavy atom. The first kappa shape index (κ1) is 24.3. The van der Waals surface area contributed by atoms with Crippen molar-refractivity contribution in [2.24, 2.45) is 4.99 Å². The Bertz CT molecular complexity index is 1340. The Labute approximate surface area is 210 Å². The van der Waals surface area contributed by atoms with E-state index in [1.54, 1.807) is 30.3 Å². The number of halogens is 1. The SMILES string of the molecule is COc1cc(/C=C2/SC(=Nc3ccc(C)cc3)NC2=O)cc(Cl)c1OCc1ccc([N+](=O)[O-])cc1. The zero-order valence-electron chi connectivity index (χ0n) is 18.8. The van der Waals surface area contributed by atoms with Crippen molar-refractivity contribution in [3.8, 4) is 11.5 Å². The van der Waals surface area contributed by atoms with Crippen LogP contribution in [0.25, 0.3) is 6.08 Å². The number of carbonyl (C=O) groups excluding carboxylic acids is 1. The van der Waals surface area contributed by atoms with Crippen LogP contribution >= 0.6 is 23.4 Å². The third-order valence-corrected chi connectivity index (χ3v) is 6.19. The fraction of sp³-hybridized carbons (Fsp3) is 0.120. The number of methoxy groups -OCH3 is 1. The van der Waals surface area contributed by atoms with Crippen LogP contribution in [0.3, 0.4) is 0 Å². The van der Waals surface area contributed by atoms with E-state index in [1.165, 1.54) is 31.0 Å². The number of carbonyl (C=O) groups is 1. The largest absolute Gasteiger partial charge is 0.493 e. The average Bonchev–Trinajstić information content (AvgIpc) is 3.18. The molecular formula is C25H20ClN3O5S. The minimum Gasteiger partial charge on any atom is -0.493 e. The molecule has 3 aromatic rings. The van der Waals surface area contributed by atoms with Gasteiger partial charge in [-0.05, 0) is 72.3 Å². The predicted molar refractivity (Wildman–Crippen MR) is 137 cm³/mol. The summed E-state index contributed by atoms with van der Waals surface area (Å²) < 4.78 is 11.3. The van der Waals surface area contributed by atoms with Gasteiger partial charge in [0.1, 0.15) is 6.61 Å². The topological polar surface area (TPSA) is 103 Å². The lowest BCUT2D eigenvalue weighted by atomic mass is 10.1. The monoisotopic (exact) mass is 509 g/mol. The van der Waals surface area contributed by atoms with Gasteiger partial charge in [0.15, 0.2) is 16.7 Å². The number of non-ortho nitro benzene ring substituents is 1. The standard InChI is InChI=1S/C25H20ClN3O5S/c1-15-3-7-18(8-4-15)27-25-28-24(30)22(35-25)13-17-11-20(26)23(21(12-17)33-2)34-14-16-5-9-19(10-6-16)29(31)32/h3-13H,14H2,1-2H3,(H,27,28,30)/b22-13+. The molecule has 0 saturated carbocycles. The molecule has 178 valence electrons. The van der Waals surface area contributed by atoms with Crippen molar-refractivity contribution >= 4 is 51.9 Å². The summed E-state index contributed by atoms with van der Waals surface area (Å²) in [5.41, 5.74) is 3.27. The molecule has 1 aliphatic heterocycles. The molecule has 1 aliphatic rings. The molecule has 0 bridgehead atoms. The third-order valence-electron chi connectivity index (χ3n) is 5.00. The Morgan fingerprint density at radius 2 is 1.86 bits per heavy atom. The number of nitrogens with one attached hydrogen (secondary N) is 1. The number of nitrogens with zero attached hydrogens (tertiary/aromatic N) is 2. The van der Waals surface area contributed by atoms with Crippen molar-refractivity contribution in [1.29, 1.82) is 0 Å². The van der Waals surface area contributed by atoms with E-state index < -0.39 is 4.92 Å². The van der Waals surface area contributed by atoms with Crippen molar-refractivity contribution in [2.75, 3.05) is 7.11 Å². The van der Waals surface area contributed by atoms with Gasteiger partial charge in [-0.2, -0.15) is 0 Å². The molecule has 10 heteroatoms. The van der Waals surface area contributed by atoms with Crippen molar-refractivity contribution in [1.82, 2.24) is 5.32 Å². The highest BCUT2D eigenvalue weighted by Crippen LogP contribution is 2.38. The molecule has 4 rings (SSSR count). The highest BCUT2D eigenvalue weighted by molar-refractivity contribution is 8.18. The van der Waals surface area contributed by atoms with E-state index in [0.717, 1.165) is 16.8 Å². The van der Waals surface area contributed by atoms with Crippen LogP contribution in [0.15, 0.2) is 70.6 Å². The summed E-state index contributed by atoms with van der Waals surface area (Å²) in [5, 5.41) is 14.4. The highest BCUT2D eigenvalue weighted by Gasteiger charge is 2.24. The molecule has 1 fully saturated rings. The fourth-order valence-corrected chi connectivity index (χ4v) is 4.32. The van der Waals surface area contributed by atoms with Gasteiger partial charge in [0, 0.05) is 12.1 Å². The summed E-state index contributed by atoms with van der Waals surface area (Å²) in [6.45, 7) is 2.14. The van der Waals surface area contributed by atoms with E-state index in [-0.39, 0.29) is 18.2 Å². The maximum absolute atomic E-state index is 12.5. The smallest absolute Gasteiger partial charge is 0.269 e. The number of rotatable bonds is 7. The zero-order valence-corrected chi connectivity index (χ0v) is 20.4. The second-order valence-corrected chi connectivity index (χ2v) is 9.00. The lowest BCUT2D eigenvalue weighted by Crippen LogP contribution is -2.19. The van der Waals surface area contributed by atoms with Crippen LogP contribution in [0.1, 0.15) is 16.7 Å². The third kappa shape index (κ3) is 6.00. The Hall–Kier alpha value is -3.82. The quantitative estimate of drug-likeness (QED) is 0.237. The van der Waals surface area contributed by atoms with Crippen molar-refractivity contribution in [2.45, 2.75) is 13.5 Å². The number of ether oxygens (including phenoxy) is 2. The first-order valence-corrected chi connectivity index (χ1v) is 11.6. The van der Waals surface area contributed by atoms with Crippen molar-refractivity contribution in [3.05, 3.63) is 97.4 Å². The number of aryl methyl sites for hydroxylation is 1. The van der Waals surface area contributed by atoms with Gasteiger partial charge in [-0.1, -0.05) is 29.3 Å². The lowest BCUT2D eigenvalue weighted by Gasteiger charge is -2.13. The van der Waals surface area contributed by atoms with Gasteiger partial charge in [-0.3, -0.25) is 14.9 Å². The van der Waals surface area contributed by atoms with E-state index >= 15 is 0 Å². The van der Waals surface area contributed by atoms with Gasteiger partial charge >= 0.3 is 0 Å². The molecule has 8 nitrogen and oxygen atoms in total. The molecule has 1 heterocycles. The van der Waals surface area contributed by atoms with Crippen LogP contribution in [-0.4, -0.2) is 23.1 Å². The van der Waals surface area contributed by atoms with E-state index in [2.05, 4.69) is 10.3 Å². The number of amidine groups is 1. The van der Waals surface area contributed by atoms with Crippen molar-refractivity contribution < 1.29 is 19.2 Å². The van der Waals surface area contributed by atoms with E-state index in [1.807, 2.05) is 31.2 Å². The summed E-state index contributed by atoms with van der Waals surface area (Å²) in [5.74, 6) is 0.470. The second kappa shape index (κ2) is 10.6. The maximum atomic E-state index is 12.5. The van der Waals surface area contributed by atoms with E-state index in [0.29, 0.717) is 32.2 Å². The summed E-state index contributed by atoms with van der Waals surface area (Å²) in [4.78, 5) is 27.7. The first-order valence-electron chi connectivity index (χ1n) is 10.4. The van der Waals surface area contributed by atoms with E-state index in [9.17, 15) is 14.9 Å². The molecule has 0 radical (unpaired) electrons. The summed E-state index contributed by atoms with van der Waals surface area (Å²) in [6.07, 6.45) is 1.70. The average molecular weight is 510 g/mol. The minimum absolute atomic E-state index is 0.00245. The van der Waals surface area contributed by atoms with Gasteiger partial charge in [0.25, 0.3) is 11.6 Å². The van der Waals surface area contributed by atoms with Crippen LogP contribution in [0.2, 0.25) is 5.02 Å². The number of hydrogen-bond donors (Lipinski definition) is 1. The molecule has 0 aliphatic carbocycles. The molecule has 0 unspecified atom stereocenters. The van der Waals surface area contributed by atoms with Crippen LogP contribution in [0, 0.1) is 17.0 Å². The molecule has 1 amide bonds. The van der Waals surface area contributed by atoms with Gasteiger partial charge in [-0.25, -0.2) is 4.99 Å². The number of benzene rings is 3. The Balaban J connectivity index is 1.50. The molecule has 0 atom stereocenters. The first-order chi connectivity index (χ1) is 16.8. The number of nitro benzene ring substituents is 1. The van der Waals surface area contributed by atoms with Gasteiger partial charge < -0.3 is 14.8 Å². The maximum Gasteiger partial charge on any atom is 0.269 e. The fourth-order valence-electron chi connectivity index (χ4n) is 3.20. The number of thioether (sulfide) groups is 1. The molecule has 35 heavy (non-hydrogen) atoms. The predicted octanol–water partition coefficient (Wildman–Crippen LogP) is 6.04. The van der Waals surface area contributed by atoms with Crippen LogP contribution in [-0.2, 0) is 11.4 Å². The molecule has 0 spiro atoms. The Morgan fingerprint density at radius 3 is 2.51 bits per heavy atom. The molecule has 1 saturated heterocycles. The van der Waals surface area contributed by atoms with E-state index in [4.69, 9.17) is 21.1 Å². The van der Waals surface area contributed by atoms with Gasteiger partial charge in [0.05, 0.1) is 27.6 Å². The number of amides is 1. The number of nitro groups is 1. The summed E-state index contributed by atoms with van der Waals surface area (Å²) >= 11 is 7.70. The second-order valence-electron chi connectivity index (χ2n) is 7.56. The highest BCUT2D eigenvalue weighted by atomic mass is 35.5. The van der Waals surface area contributed by atoms with Crippen molar-refractivity contribution in [3.63, 3.8) is 0 Å². The zero-order chi connectivity index (χ0) is 24.9. The van der Waals surface area contributed by atoms with Gasteiger partial charge in [0.2, 0.25) is 0 Å². The van der Waals surface area contributed by atoms with Crippen LogP contribution in [0.5, 0.6) is 11.5 Å². The summed E-state index contributed by atoms with van der Waals surface area (Å²) in [7, 11) is 1.49. The molecular weight excluding hydrogens is 490 g/mol. The number of aliphatic imine (C=N–C) groups is 1. The molecule has 1 N–H and O–H groups in total. The lowest BCUT2D eigenvalue weighted by molar-refractivity contribution is -0.384. The van der Waals surface area contributed by atoms with Gasteiger partial charge in [-0.15, -0.1) is 0 Å². The Kier molecular flexibility index (Phi) is 7.38. The van der Waals surface area contributed by atoms with Crippen LogP contribution in [0.4, 0.5) is 11.4 Å². The number of hydrogen-bond acceptors (Lipinski definition) is 7. The summed E-state index contributed by atoms with van der Waals surface area (Å²) in [6, 6.07) is 17.1. The molecule has 3 aromatic carbocycles. The normalized spacial score (nSPS) is 15.3.